The number of anilines is 6. The maximum atomic E-state index is 9.88. The van der Waals surface area contributed by atoms with Crippen LogP contribution in [0.4, 0.5) is 34.1 Å². The van der Waals surface area contributed by atoms with Crippen LogP contribution >= 0.6 is 0 Å². The fourth-order valence-corrected chi connectivity index (χ4v) is 17.7. The second-order valence-corrected chi connectivity index (χ2v) is 29.2. The lowest BCUT2D eigenvalue weighted by Gasteiger charge is -2.30. The van der Waals surface area contributed by atoms with Crippen molar-refractivity contribution in [3.63, 3.8) is 0 Å². The van der Waals surface area contributed by atoms with E-state index in [1.165, 1.54) is 122 Å². The van der Waals surface area contributed by atoms with Crippen molar-refractivity contribution in [3.05, 3.63) is 373 Å². The van der Waals surface area contributed by atoms with Gasteiger partial charge in [0.25, 0.3) is 0 Å². The molecule has 4 aliphatic rings. The van der Waals surface area contributed by atoms with Crippen LogP contribution in [0.5, 0.6) is 0 Å². The Labute approximate surface area is 618 Å². The molecule has 0 spiro atoms. The van der Waals surface area contributed by atoms with E-state index in [1.807, 2.05) is 66.7 Å². The summed E-state index contributed by atoms with van der Waals surface area (Å²) in [6, 6.07) is 126. The van der Waals surface area contributed by atoms with Gasteiger partial charge in [-0.2, -0.15) is 15.8 Å². The molecule has 0 saturated carbocycles. The van der Waals surface area contributed by atoms with Crippen molar-refractivity contribution in [1.82, 2.24) is 0 Å². The van der Waals surface area contributed by atoms with Crippen LogP contribution in [-0.2, 0) is 10.8 Å². The normalized spacial score (nSPS) is 12.8. The van der Waals surface area contributed by atoms with Crippen LogP contribution in [0.1, 0.15) is 66.6 Å². The first-order valence-electron chi connectivity index (χ1n) is 36.2. The van der Waals surface area contributed by atoms with E-state index in [0.29, 0.717) is 16.7 Å². The lowest BCUT2D eigenvalue weighted by Crippen LogP contribution is -2.16. The summed E-state index contributed by atoms with van der Waals surface area (Å²) in [7, 11) is 0. The smallest absolute Gasteiger partial charge is 0.0992 e. The summed E-state index contributed by atoms with van der Waals surface area (Å²) in [6.07, 6.45) is 0. The first-order chi connectivity index (χ1) is 51.9. The van der Waals surface area contributed by atoms with Gasteiger partial charge in [0.05, 0.1) is 46.3 Å². The zero-order valence-corrected chi connectivity index (χ0v) is 59.0. The molecule has 0 aromatic heterocycles. The molecule has 0 aliphatic heterocycles. The quantitative estimate of drug-likeness (QED) is 0.136. The van der Waals surface area contributed by atoms with Gasteiger partial charge in [-0.15, -0.1) is 0 Å². The molecule has 0 amide bonds. The highest BCUT2D eigenvalue weighted by molar-refractivity contribution is 6.20. The van der Waals surface area contributed by atoms with Crippen molar-refractivity contribution in [1.29, 1.82) is 15.8 Å². The third-order valence-corrected chi connectivity index (χ3v) is 22.7. The van der Waals surface area contributed by atoms with Crippen molar-refractivity contribution in [2.75, 3.05) is 9.80 Å². The number of hydrogen-bond donors (Lipinski definition) is 0. The number of hydrogen-bond acceptors (Lipinski definition) is 5. The SMILES string of the molecule is CC1(C)c2ccccc2-c2c(N(c3cc(-c4ccc(C#N)cc4)cc(-c4ccc(C#N)cc4)c3)c3cccc(-c4ccc5c6c(cccc46)-c4ccccc4-5)c3)cccc21.CC1(C)c2ccccc2-c2c(N(c3cccc(C#N)c3)c3cccc(-c4ccc5c6c(cccc46)-c4ccccc4-5)c3)cccc21. The van der Waals surface area contributed by atoms with Crippen molar-refractivity contribution >= 4 is 55.7 Å². The molecule has 0 fully saturated rings. The molecule has 5 heteroatoms. The van der Waals surface area contributed by atoms with Crippen LogP contribution in [0, 0.1) is 34.0 Å². The molecule has 0 saturated heterocycles. The Hall–Kier alpha value is -13.9. The lowest BCUT2D eigenvalue weighted by atomic mass is 9.82. The van der Waals surface area contributed by atoms with E-state index in [9.17, 15) is 15.8 Å². The lowest BCUT2D eigenvalue weighted by molar-refractivity contribution is 0.660. The summed E-state index contributed by atoms with van der Waals surface area (Å²) in [5, 5.41) is 34.3. The van der Waals surface area contributed by atoms with Crippen LogP contribution in [0.2, 0.25) is 0 Å². The van der Waals surface area contributed by atoms with Gasteiger partial charge in [-0.1, -0.05) is 264 Å². The molecule has 20 rings (SSSR count). The molecular formula is C101H67N5. The van der Waals surface area contributed by atoms with Crippen LogP contribution in [0.25, 0.3) is 133 Å². The summed E-state index contributed by atoms with van der Waals surface area (Å²) in [4.78, 5) is 4.76. The Morgan fingerprint density at radius 3 is 0.991 bits per heavy atom. The van der Waals surface area contributed by atoms with E-state index in [0.717, 1.165) is 67.5 Å². The summed E-state index contributed by atoms with van der Waals surface area (Å²) in [5.74, 6) is 0. The number of rotatable bonds is 10. The zero-order valence-electron chi connectivity index (χ0n) is 59.0. The fourth-order valence-electron chi connectivity index (χ4n) is 17.7. The molecule has 496 valence electrons. The van der Waals surface area contributed by atoms with Crippen molar-refractivity contribution in [2.45, 2.75) is 38.5 Å². The van der Waals surface area contributed by atoms with Gasteiger partial charge in [-0.05, 0) is 241 Å². The topological polar surface area (TPSA) is 77.8 Å². The van der Waals surface area contributed by atoms with E-state index in [1.54, 1.807) is 0 Å². The average molecular weight is 1350 g/mol. The number of nitrogens with zero attached hydrogens (tertiary/aromatic N) is 5. The largest absolute Gasteiger partial charge is 0.310 e. The van der Waals surface area contributed by atoms with Gasteiger partial charge < -0.3 is 9.80 Å². The van der Waals surface area contributed by atoms with E-state index >= 15 is 0 Å². The first-order valence-corrected chi connectivity index (χ1v) is 36.2. The highest BCUT2D eigenvalue weighted by atomic mass is 15.2. The van der Waals surface area contributed by atoms with Crippen molar-refractivity contribution in [3.8, 4) is 129 Å². The minimum absolute atomic E-state index is 0.119. The van der Waals surface area contributed by atoms with Gasteiger partial charge in [0.2, 0.25) is 0 Å². The maximum Gasteiger partial charge on any atom is 0.0992 e. The maximum absolute atomic E-state index is 9.88. The monoisotopic (exact) mass is 1350 g/mol. The minimum atomic E-state index is -0.185. The summed E-state index contributed by atoms with van der Waals surface area (Å²) >= 11 is 0. The average Bonchev–Trinajstić information content (AvgIpc) is 1.57. The molecule has 4 aliphatic carbocycles. The molecule has 0 atom stereocenters. The van der Waals surface area contributed by atoms with E-state index in [2.05, 4.69) is 323 Å². The van der Waals surface area contributed by atoms with Gasteiger partial charge in [-0.3, -0.25) is 0 Å². The molecule has 0 radical (unpaired) electrons. The highest BCUT2D eigenvalue weighted by Crippen LogP contribution is 2.58. The summed E-state index contributed by atoms with van der Waals surface area (Å²) in [5.41, 5.74) is 37.2. The van der Waals surface area contributed by atoms with E-state index in [-0.39, 0.29) is 10.8 Å². The van der Waals surface area contributed by atoms with Gasteiger partial charge in [0.1, 0.15) is 0 Å². The number of fused-ring (bicyclic) bond motifs is 12. The highest BCUT2D eigenvalue weighted by Gasteiger charge is 2.40. The van der Waals surface area contributed by atoms with Crippen LogP contribution in [-0.4, -0.2) is 0 Å². The molecular weight excluding hydrogens is 1280 g/mol. The predicted molar refractivity (Wildman–Crippen MR) is 437 cm³/mol. The third-order valence-electron chi connectivity index (χ3n) is 22.7. The van der Waals surface area contributed by atoms with E-state index < -0.39 is 0 Å². The minimum Gasteiger partial charge on any atom is -0.310 e. The van der Waals surface area contributed by atoms with Gasteiger partial charge in [0, 0.05) is 44.7 Å². The van der Waals surface area contributed by atoms with Gasteiger partial charge >= 0.3 is 0 Å². The van der Waals surface area contributed by atoms with Crippen LogP contribution in [0.3, 0.4) is 0 Å². The first kappa shape index (κ1) is 63.1. The molecule has 16 aromatic carbocycles. The molecule has 106 heavy (non-hydrogen) atoms. The molecule has 16 aromatic rings. The van der Waals surface area contributed by atoms with Gasteiger partial charge in [0.15, 0.2) is 0 Å². The molecule has 0 heterocycles. The Morgan fingerprint density at radius 1 is 0.226 bits per heavy atom. The summed E-state index contributed by atoms with van der Waals surface area (Å²) in [6.45, 7) is 9.29. The molecule has 0 unspecified atom stereocenters. The Balaban J connectivity index is 0.000000150. The van der Waals surface area contributed by atoms with Crippen LogP contribution < -0.4 is 9.80 Å². The molecule has 0 N–H and O–H groups in total. The van der Waals surface area contributed by atoms with Crippen molar-refractivity contribution in [2.24, 2.45) is 0 Å². The van der Waals surface area contributed by atoms with Crippen molar-refractivity contribution < 1.29 is 0 Å². The Kier molecular flexibility index (Phi) is 14.7. The number of benzene rings is 16. The molecule has 5 nitrogen and oxygen atoms in total. The Morgan fingerprint density at radius 2 is 0.557 bits per heavy atom. The standard InChI is InChI=1S/C57H37N3.C44H30N2/c1-57(2)52-17-6-5-14-51(52)56-53(57)18-9-19-54(56)60(44-32-41(38-24-20-36(34-58)21-25-38)30-42(33-44)39-26-22-37(35-59)23-27-39)43-11-7-10-40(31-43)45-28-29-50-47-13-4-3-12-46(47)49-16-8-15-48(45)55(49)50;1-44(2)39-20-6-5-17-38(39)43-40(44)21-10-22-41(43)46(30-13-7-11-28(25-30)27-45)31-14-8-12-29(26-31)32-23-24-37-34-16-4-3-15-33(34)36-19-9-18-35(32)42(36)37/h3-33H,1-2H3;3-26H,1-2H3. The third kappa shape index (κ3) is 9.95. The van der Waals surface area contributed by atoms with Crippen LogP contribution in [0.15, 0.2) is 334 Å². The number of nitriles is 3. The second kappa shape index (κ2) is 24.7. The Bertz CT molecular complexity index is 6370. The fraction of sp³-hybridized carbons (Fsp3) is 0.0594. The molecule has 0 bridgehead atoms. The zero-order chi connectivity index (χ0) is 71.5. The van der Waals surface area contributed by atoms with E-state index in [4.69, 9.17) is 0 Å². The van der Waals surface area contributed by atoms with Gasteiger partial charge in [-0.25, -0.2) is 0 Å². The second-order valence-electron chi connectivity index (χ2n) is 29.2. The predicted octanol–water partition coefficient (Wildman–Crippen LogP) is 26.8. The summed E-state index contributed by atoms with van der Waals surface area (Å²) < 4.78 is 0.